The maximum atomic E-state index is 12.6. The van der Waals surface area contributed by atoms with Gasteiger partial charge in [0.1, 0.15) is 18.0 Å². The predicted molar refractivity (Wildman–Crippen MR) is 93.7 cm³/mol. The molecular formula is C18H23N5O2. The summed E-state index contributed by atoms with van der Waals surface area (Å²) in [5.41, 5.74) is 0. The molecule has 2 aliphatic heterocycles. The van der Waals surface area contributed by atoms with Crippen molar-refractivity contribution in [3.05, 3.63) is 36.9 Å². The van der Waals surface area contributed by atoms with Crippen molar-refractivity contribution in [3.63, 3.8) is 0 Å². The minimum atomic E-state index is 0.139. The first-order valence-corrected chi connectivity index (χ1v) is 8.88. The van der Waals surface area contributed by atoms with Crippen LogP contribution in [0.1, 0.15) is 12.8 Å². The highest BCUT2D eigenvalue weighted by atomic mass is 16.5. The molecule has 2 saturated heterocycles. The van der Waals surface area contributed by atoms with Crippen LogP contribution in [0.15, 0.2) is 36.9 Å². The molecule has 0 unspecified atom stereocenters. The molecule has 132 valence electrons. The minimum absolute atomic E-state index is 0.139. The molecule has 0 aromatic carbocycles. The highest BCUT2D eigenvalue weighted by Crippen LogP contribution is 2.20. The zero-order chi connectivity index (χ0) is 17.1. The van der Waals surface area contributed by atoms with E-state index in [-0.39, 0.29) is 5.92 Å². The van der Waals surface area contributed by atoms with Crippen molar-refractivity contribution in [3.8, 4) is 5.82 Å². The second kappa shape index (κ2) is 7.23. The standard InChI is InChI=1S/C18H23N5O2/c24-18(15-3-11-25-12-4-15)23-9-7-22(8-10-23)17-13-16(19-14-20-17)21-5-1-2-6-21/h1-2,5-6,13-15H,3-4,7-12H2. The number of amides is 1. The van der Waals surface area contributed by atoms with Gasteiger partial charge in [0.15, 0.2) is 0 Å². The summed E-state index contributed by atoms with van der Waals surface area (Å²) in [5.74, 6) is 2.20. The number of carbonyl (C=O) groups excluding carboxylic acids is 1. The number of hydrogen-bond acceptors (Lipinski definition) is 5. The van der Waals surface area contributed by atoms with Crippen molar-refractivity contribution in [2.24, 2.45) is 5.92 Å². The van der Waals surface area contributed by atoms with Crippen LogP contribution < -0.4 is 4.90 Å². The van der Waals surface area contributed by atoms with Gasteiger partial charge in [0, 0.05) is 63.8 Å². The molecule has 0 atom stereocenters. The Bertz CT molecular complexity index is 704. The molecule has 0 spiro atoms. The highest BCUT2D eigenvalue weighted by Gasteiger charge is 2.29. The van der Waals surface area contributed by atoms with E-state index in [0.29, 0.717) is 19.1 Å². The maximum absolute atomic E-state index is 12.6. The van der Waals surface area contributed by atoms with Crippen molar-refractivity contribution in [1.29, 1.82) is 0 Å². The first-order valence-electron chi connectivity index (χ1n) is 8.88. The van der Waals surface area contributed by atoms with Gasteiger partial charge in [-0.05, 0) is 25.0 Å². The number of ether oxygens (including phenoxy) is 1. The van der Waals surface area contributed by atoms with Crippen LogP contribution in [-0.4, -0.2) is 64.7 Å². The topological polar surface area (TPSA) is 63.5 Å². The summed E-state index contributed by atoms with van der Waals surface area (Å²) < 4.78 is 7.33. The molecule has 2 aliphatic rings. The van der Waals surface area contributed by atoms with E-state index in [4.69, 9.17) is 4.74 Å². The van der Waals surface area contributed by atoms with Crippen LogP contribution in [-0.2, 0) is 9.53 Å². The number of carbonyl (C=O) groups is 1. The van der Waals surface area contributed by atoms with Gasteiger partial charge in [-0.25, -0.2) is 9.97 Å². The van der Waals surface area contributed by atoms with E-state index in [1.54, 1.807) is 6.33 Å². The number of rotatable bonds is 3. The molecule has 0 radical (unpaired) electrons. The van der Waals surface area contributed by atoms with E-state index in [1.807, 2.05) is 40.1 Å². The Morgan fingerprint density at radius 2 is 1.68 bits per heavy atom. The van der Waals surface area contributed by atoms with Gasteiger partial charge >= 0.3 is 0 Å². The Morgan fingerprint density at radius 1 is 1.00 bits per heavy atom. The van der Waals surface area contributed by atoms with E-state index >= 15 is 0 Å². The molecule has 25 heavy (non-hydrogen) atoms. The number of piperazine rings is 1. The van der Waals surface area contributed by atoms with Crippen LogP contribution in [0.25, 0.3) is 5.82 Å². The molecule has 4 heterocycles. The SMILES string of the molecule is O=C(C1CCOCC1)N1CCN(c2cc(-n3cccc3)ncn2)CC1. The molecule has 2 aromatic heterocycles. The molecule has 1 amide bonds. The summed E-state index contributed by atoms with van der Waals surface area (Å²) >= 11 is 0. The summed E-state index contributed by atoms with van der Waals surface area (Å²) in [6.45, 7) is 4.52. The van der Waals surface area contributed by atoms with Gasteiger partial charge < -0.3 is 19.1 Å². The van der Waals surface area contributed by atoms with Gasteiger partial charge in [0.2, 0.25) is 5.91 Å². The molecule has 0 N–H and O–H groups in total. The lowest BCUT2D eigenvalue weighted by atomic mass is 9.98. The molecule has 0 aliphatic carbocycles. The van der Waals surface area contributed by atoms with Crippen LogP contribution >= 0.6 is 0 Å². The zero-order valence-corrected chi connectivity index (χ0v) is 14.3. The number of anilines is 1. The average molecular weight is 341 g/mol. The summed E-state index contributed by atoms with van der Waals surface area (Å²) in [4.78, 5) is 25.6. The van der Waals surface area contributed by atoms with Crippen molar-refractivity contribution in [1.82, 2.24) is 19.4 Å². The normalized spacial score (nSPS) is 19.2. The van der Waals surface area contributed by atoms with E-state index in [1.165, 1.54) is 0 Å². The lowest BCUT2D eigenvalue weighted by molar-refractivity contribution is -0.138. The van der Waals surface area contributed by atoms with Crippen LogP contribution in [0.3, 0.4) is 0 Å². The summed E-state index contributed by atoms with van der Waals surface area (Å²) in [6, 6.07) is 5.95. The zero-order valence-electron chi connectivity index (χ0n) is 14.3. The molecular weight excluding hydrogens is 318 g/mol. The Balaban J connectivity index is 1.38. The van der Waals surface area contributed by atoms with Crippen molar-refractivity contribution < 1.29 is 9.53 Å². The second-order valence-corrected chi connectivity index (χ2v) is 6.52. The van der Waals surface area contributed by atoms with Gasteiger partial charge in [-0.15, -0.1) is 0 Å². The number of hydrogen-bond donors (Lipinski definition) is 0. The largest absolute Gasteiger partial charge is 0.381 e. The Kier molecular flexibility index (Phi) is 4.65. The van der Waals surface area contributed by atoms with Crippen LogP contribution in [0.4, 0.5) is 5.82 Å². The monoisotopic (exact) mass is 341 g/mol. The fourth-order valence-electron chi connectivity index (χ4n) is 3.50. The van der Waals surface area contributed by atoms with E-state index in [9.17, 15) is 4.79 Å². The molecule has 2 aromatic rings. The van der Waals surface area contributed by atoms with Crippen molar-refractivity contribution in [2.75, 3.05) is 44.3 Å². The first kappa shape index (κ1) is 16.1. The van der Waals surface area contributed by atoms with Gasteiger partial charge in [-0.1, -0.05) is 0 Å². The molecule has 0 bridgehead atoms. The quantitative estimate of drug-likeness (QED) is 0.843. The third-order valence-corrected chi connectivity index (χ3v) is 4.99. The third kappa shape index (κ3) is 3.51. The van der Waals surface area contributed by atoms with E-state index in [2.05, 4.69) is 14.9 Å². The fraction of sp³-hybridized carbons (Fsp3) is 0.500. The van der Waals surface area contributed by atoms with Gasteiger partial charge in [0.25, 0.3) is 0 Å². The lowest BCUT2D eigenvalue weighted by Gasteiger charge is -2.37. The average Bonchev–Trinajstić information content (AvgIpc) is 3.23. The molecule has 7 heteroatoms. The molecule has 4 rings (SSSR count). The Hall–Kier alpha value is -2.41. The fourth-order valence-corrected chi connectivity index (χ4v) is 3.50. The van der Waals surface area contributed by atoms with E-state index in [0.717, 1.165) is 50.7 Å². The third-order valence-electron chi connectivity index (χ3n) is 4.99. The lowest BCUT2D eigenvalue weighted by Crippen LogP contribution is -2.51. The molecule has 7 nitrogen and oxygen atoms in total. The molecule has 0 saturated carbocycles. The second-order valence-electron chi connectivity index (χ2n) is 6.52. The van der Waals surface area contributed by atoms with Gasteiger partial charge in [0.05, 0.1) is 0 Å². The number of aromatic nitrogens is 3. The Morgan fingerprint density at radius 3 is 2.40 bits per heavy atom. The minimum Gasteiger partial charge on any atom is -0.381 e. The van der Waals surface area contributed by atoms with Gasteiger partial charge in [-0.2, -0.15) is 0 Å². The predicted octanol–water partition coefficient (Wildman–Crippen LogP) is 1.34. The van der Waals surface area contributed by atoms with Crippen molar-refractivity contribution in [2.45, 2.75) is 12.8 Å². The van der Waals surface area contributed by atoms with Crippen molar-refractivity contribution >= 4 is 11.7 Å². The van der Waals surface area contributed by atoms with Crippen LogP contribution in [0.2, 0.25) is 0 Å². The highest BCUT2D eigenvalue weighted by molar-refractivity contribution is 5.79. The first-order chi connectivity index (χ1) is 12.3. The van der Waals surface area contributed by atoms with Crippen LogP contribution in [0, 0.1) is 5.92 Å². The summed E-state index contributed by atoms with van der Waals surface area (Å²) in [7, 11) is 0. The number of nitrogens with zero attached hydrogens (tertiary/aromatic N) is 5. The maximum Gasteiger partial charge on any atom is 0.225 e. The summed E-state index contributed by atoms with van der Waals surface area (Å²) in [5, 5.41) is 0. The van der Waals surface area contributed by atoms with Crippen LogP contribution in [0.5, 0.6) is 0 Å². The Labute approximate surface area is 147 Å². The van der Waals surface area contributed by atoms with Gasteiger partial charge in [-0.3, -0.25) is 4.79 Å². The van der Waals surface area contributed by atoms with E-state index < -0.39 is 0 Å². The smallest absolute Gasteiger partial charge is 0.225 e. The molecule has 2 fully saturated rings. The summed E-state index contributed by atoms with van der Waals surface area (Å²) in [6.07, 6.45) is 7.24.